The molecule has 0 aromatic heterocycles. The molecule has 120 valence electrons. The molecular weight excluding hydrogens is 283 g/mol. The van der Waals surface area contributed by atoms with Crippen molar-refractivity contribution < 1.29 is 22.6 Å². The molecule has 0 aliphatic carbocycles. The van der Waals surface area contributed by atoms with Gasteiger partial charge < -0.3 is 14.8 Å². The van der Waals surface area contributed by atoms with Gasteiger partial charge in [0, 0.05) is 24.9 Å². The monoisotopic (exact) mass is 305 g/mol. The lowest BCUT2D eigenvalue weighted by Gasteiger charge is -2.14. The van der Waals surface area contributed by atoms with Crippen LogP contribution in [0.2, 0.25) is 0 Å². The lowest BCUT2D eigenvalue weighted by molar-refractivity contribution is -0.173. The van der Waals surface area contributed by atoms with E-state index in [1.807, 2.05) is 38.1 Å². The molecule has 0 amide bonds. The number of benzene rings is 1. The van der Waals surface area contributed by atoms with Crippen molar-refractivity contribution in [3.8, 4) is 5.75 Å². The highest BCUT2D eigenvalue weighted by molar-refractivity contribution is 5.48. The zero-order valence-electron chi connectivity index (χ0n) is 12.4. The zero-order valence-corrected chi connectivity index (χ0v) is 12.4. The minimum Gasteiger partial charge on any atom is -0.491 e. The van der Waals surface area contributed by atoms with Crippen molar-refractivity contribution in [1.82, 2.24) is 0 Å². The van der Waals surface area contributed by atoms with Gasteiger partial charge in [-0.2, -0.15) is 13.2 Å². The quantitative estimate of drug-likeness (QED) is 0.692. The molecule has 3 nitrogen and oxygen atoms in total. The maximum atomic E-state index is 11.9. The van der Waals surface area contributed by atoms with E-state index < -0.39 is 12.8 Å². The molecular formula is C15H22F3NO2. The van der Waals surface area contributed by atoms with Crippen LogP contribution in [0.5, 0.6) is 5.75 Å². The molecule has 1 aromatic rings. The molecule has 0 spiro atoms. The topological polar surface area (TPSA) is 30.5 Å². The van der Waals surface area contributed by atoms with Crippen LogP contribution >= 0.6 is 0 Å². The number of hydrogen-bond acceptors (Lipinski definition) is 3. The summed E-state index contributed by atoms with van der Waals surface area (Å²) in [6.45, 7) is 3.48. The number of ether oxygens (including phenoxy) is 2. The van der Waals surface area contributed by atoms with E-state index in [1.54, 1.807) is 0 Å². The van der Waals surface area contributed by atoms with Crippen molar-refractivity contribution in [1.29, 1.82) is 0 Å². The molecule has 0 aliphatic heterocycles. The van der Waals surface area contributed by atoms with Crippen LogP contribution in [0.4, 0.5) is 18.9 Å². The van der Waals surface area contributed by atoms with Gasteiger partial charge in [0.1, 0.15) is 12.4 Å². The largest absolute Gasteiger partial charge is 0.491 e. The highest BCUT2D eigenvalue weighted by Gasteiger charge is 2.27. The van der Waals surface area contributed by atoms with E-state index >= 15 is 0 Å². The number of anilines is 1. The van der Waals surface area contributed by atoms with E-state index in [0.717, 1.165) is 17.9 Å². The third-order valence-corrected chi connectivity index (χ3v) is 2.81. The molecule has 6 heteroatoms. The third-order valence-electron chi connectivity index (χ3n) is 2.81. The maximum Gasteiger partial charge on any atom is 0.411 e. The minimum absolute atomic E-state index is 0.0789. The highest BCUT2D eigenvalue weighted by atomic mass is 19.4. The van der Waals surface area contributed by atoms with Crippen LogP contribution < -0.4 is 10.1 Å². The second kappa shape index (κ2) is 8.77. The molecule has 0 heterocycles. The standard InChI is InChI=1S/C15H22F3NO2/c1-3-12(2)21-14-7-4-6-13(10-14)19-8-5-9-20-11-15(16,17)18/h4,6-7,10,12,19H,3,5,8-9,11H2,1-2H3. The van der Waals surface area contributed by atoms with Crippen molar-refractivity contribution in [2.24, 2.45) is 0 Å². The third kappa shape index (κ3) is 8.45. The first kappa shape index (κ1) is 17.6. The highest BCUT2D eigenvalue weighted by Crippen LogP contribution is 2.19. The summed E-state index contributed by atoms with van der Waals surface area (Å²) in [5.41, 5.74) is 0.881. The van der Waals surface area contributed by atoms with Gasteiger partial charge in [-0.15, -0.1) is 0 Å². The summed E-state index contributed by atoms with van der Waals surface area (Å²) < 4.78 is 45.8. The number of alkyl halides is 3. The Balaban J connectivity index is 2.24. The summed E-state index contributed by atoms with van der Waals surface area (Å²) in [6, 6.07) is 7.52. The van der Waals surface area contributed by atoms with Crippen LogP contribution in [0.25, 0.3) is 0 Å². The molecule has 0 aliphatic rings. The van der Waals surface area contributed by atoms with Crippen molar-refractivity contribution >= 4 is 5.69 Å². The fourth-order valence-electron chi connectivity index (χ4n) is 1.59. The number of rotatable bonds is 9. The predicted molar refractivity (Wildman–Crippen MR) is 76.8 cm³/mol. The predicted octanol–water partition coefficient (Wildman–Crippen LogP) is 4.24. The smallest absolute Gasteiger partial charge is 0.411 e. The molecule has 1 aromatic carbocycles. The molecule has 0 bridgehead atoms. The fraction of sp³-hybridized carbons (Fsp3) is 0.600. The fourth-order valence-corrected chi connectivity index (χ4v) is 1.59. The zero-order chi connectivity index (χ0) is 15.7. The van der Waals surface area contributed by atoms with Gasteiger partial charge in [0.05, 0.1) is 6.10 Å². The van der Waals surface area contributed by atoms with Gasteiger partial charge >= 0.3 is 6.18 Å². The van der Waals surface area contributed by atoms with Crippen LogP contribution in [-0.2, 0) is 4.74 Å². The SMILES string of the molecule is CCC(C)Oc1cccc(NCCCOCC(F)(F)F)c1. The number of halogens is 3. The molecule has 1 atom stereocenters. The van der Waals surface area contributed by atoms with Crippen LogP contribution in [-0.4, -0.2) is 32.0 Å². The van der Waals surface area contributed by atoms with Gasteiger partial charge in [-0.1, -0.05) is 13.0 Å². The van der Waals surface area contributed by atoms with E-state index in [0.29, 0.717) is 13.0 Å². The molecule has 0 saturated heterocycles. The van der Waals surface area contributed by atoms with Crippen LogP contribution in [0.3, 0.4) is 0 Å². The second-order valence-electron chi connectivity index (χ2n) is 4.81. The summed E-state index contributed by atoms with van der Waals surface area (Å²) in [4.78, 5) is 0. The van der Waals surface area contributed by atoms with Gasteiger partial charge in [0.15, 0.2) is 0 Å². The Morgan fingerprint density at radius 2 is 2.05 bits per heavy atom. The van der Waals surface area contributed by atoms with Crippen molar-refractivity contribution in [3.63, 3.8) is 0 Å². The normalized spacial score (nSPS) is 13.0. The van der Waals surface area contributed by atoms with E-state index in [4.69, 9.17) is 4.74 Å². The summed E-state index contributed by atoms with van der Waals surface area (Å²) in [5.74, 6) is 0.780. The lowest BCUT2D eigenvalue weighted by atomic mass is 10.2. The van der Waals surface area contributed by atoms with Crippen molar-refractivity contribution in [2.45, 2.75) is 39.0 Å². The van der Waals surface area contributed by atoms with Crippen LogP contribution in [0, 0.1) is 0 Å². The number of hydrogen-bond donors (Lipinski definition) is 1. The Morgan fingerprint density at radius 3 is 2.71 bits per heavy atom. The van der Waals surface area contributed by atoms with E-state index in [9.17, 15) is 13.2 Å². The average molecular weight is 305 g/mol. The first-order chi connectivity index (χ1) is 9.90. The summed E-state index contributed by atoms with van der Waals surface area (Å²) in [7, 11) is 0. The van der Waals surface area contributed by atoms with Crippen molar-refractivity contribution in [3.05, 3.63) is 24.3 Å². The Bertz CT molecular complexity index is 410. The first-order valence-corrected chi connectivity index (χ1v) is 7.06. The summed E-state index contributed by atoms with van der Waals surface area (Å²) >= 11 is 0. The molecule has 1 N–H and O–H groups in total. The van der Waals surface area contributed by atoms with E-state index in [2.05, 4.69) is 10.1 Å². The maximum absolute atomic E-state index is 11.9. The molecule has 0 radical (unpaired) electrons. The van der Waals surface area contributed by atoms with Gasteiger partial charge in [-0.3, -0.25) is 0 Å². The van der Waals surface area contributed by atoms with Crippen molar-refractivity contribution in [2.75, 3.05) is 25.1 Å². The average Bonchev–Trinajstić information content (AvgIpc) is 2.42. The lowest BCUT2D eigenvalue weighted by Crippen LogP contribution is -2.18. The van der Waals surface area contributed by atoms with Crippen LogP contribution in [0.1, 0.15) is 26.7 Å². The minimum atomic E-state index is -4.25. The Hall–Kier alpha value is -1.43. The molecule has 0 fully saturated rings. The van der Waals surface area contributed by atoms with E-state index in [-0.39, 0.29) is 12.7 Å². The first-order valence-electron chi connectivity index (χ1n) is 7.06. The second-order valence-corrected chi connectivity index (χ2v) is 4.81. The number of nitrogens with one attached hydrogen (secondary N) is 1. The van der Waals surface area contributed by atoms with Gasteiger partial charge in [-0.05, 0) is 31.9 Å². The van der Waals surface area contributed by atoms with Gasteiger partial charge in [0.25, 0.3) is 0 Å². The Kier molecular flexibility index (Phi) is 7.36. The van der Waals surface area contributed by atoms with Crippen LogP contribution in [0.15, 0.2) is 24.3 Å². The summed E-state index contributed by atoms with van der Waals surface area (Å²) in [5, 5.41) is 3.13. The Labute approximate surface area is 123 Å². The molecule has 21 heavy (non-hydrogen) atoms. The van der Waals surface area contributed by atoms with Gasteiger partial charge in [-0.25, -0.2) is 0 Å². The molecule has 1 rings (SSSR count). The molecule has 1 unspecified atom stereocenters. The molecule has 0 saturated carbocycles. The van der Waals surface area contributed by atoms with E-state index in [1.165, 1.54) is 0 Å². The summed E-state index contributed by atoms with van der Waals surface area (Å²) in [6.07, 6.45) is -2.67. The van der Waals surface area contributed by atoms with Gasteiger partial charge in [0.2, 0.25) is 0 Å². The Morgan fingerprint density at radius 1 is 1.29 bits per heavy atom.